The summed E-state index contributed by atoms with van der Waals surface area (Å²) in [5, 5.41) is 9.30. The highest BCUT2D eigenvalue weighted by Crippen LogP contribution is 2.21. The molecule has 0 aliphatic heterocycles. The van der Waals surface area contributed by atoms with Gasteiger partial charge in [0.15, 0.2) is 0 Å². The van der Waals surface area contributed by atoms with E-state index in [1.807, 2.05) is 24.3 Å². The number of methoxy groups -OCH3 is 1. The highest BCUT2D eigenvalue weighted by Gasteiger charge is 2.34. The Kier molecular flexibility index (Phi) is 4.73. The fourth-order valence-electron chi connectivity index (χ4n) is 1.70. The summed E-state index contributed by atoms with van der Waals surface area (Å²) in [4.78, 5) is 13.1. The molecule has 4 heteroatoms. The second kappa shape index (κ2) is 5.87. The van der Waals surface area contributed by atoms with Gasteiger partial charge in [-0.2, -0.15) is 0 Å². The maximum absolute atomic E-state index is 11.3. The monoisotopic (exact) mass is 251 g/mol. The molecule has 100 valence electrons. The van der Waals surface area contributed by atoms with Crippen LogP contribution in [0.2, 0.25) is 0 Å². The molecule has 0 radical (unpaired) electrons. The van der Waals surface area contributed by atoms with Crippen molar-refractivity contribution in [2.45, 2.75) is 25.3 Å². The number of aliphatic carboxylic acids is 1. The molecule has 0 saturated carbocycles. The number of benzene rings is 1. The van der Waals surface area contributed by atoms with Gasteiger partial charge in [0.2, 0.25) is 0 Å². The topological polar surface area (TPSA) is 49.8 Å². The van der Waals surface area contributed by atoms with E-state index in [9.17, 15) is 9.90 Å². The Morgan fingerprint density at radius 1 is 1.33 bits per heavy atom. The fraction of sp³-hybridized carbons (Fsp3) is 0.500. The predicted molar refractivity (Wildman–Crippen MR) is 71.0 cm³/mol. The van der Waals surface area contributed by atoms with E-state index in [0.717, 1.165) is 17.7 Å². The molecule has 0 aliphatic rings. The normalized spacial score (nSPS) is 14.3. The van der Waals surface area contributed by atoms with Gasteiger partial charge in [-0.15, -0.1) is 0 Å². The van der Waals surface area contributed by atoms with E-state index >= 15 is 0 Å². The highest BCUT2D eigenvalue weighted by molar-refractivity contribution is 5.78. The minimum absolute atomic E-state index is 0.571. The minimum atomic E-state index is -0.833. The Hall–Kier alpha value is -1.55. The van der Waals surface area contributed by atoms with Crippen molar-refractivity contribution in [3.8, 4) is 5.75 Å². The summed E-state index contributed by atoms with van der Waals surface area (Å²) >= 11 is 0. The van der Waals surface area contributed by atoms with Crippen molar-refractivity contribution < 1.29 is 14.6 Å². The van der Waals surface area contributed by atoms with Crippen LogP contribution in [0.15, 0.2) is 24.3 Å². The van der Waals surface area contributed by atoms with Crippen molar-refractivity contribution in [2.75, 3.05) is 21.2 Å². The molecule has 1 atom stereocenters. The Morgan fingerprint density at radius 3 is 2.28 bits per heavy atom. The zero-order chi connectivity index (χ0) is 13.8. The second-order valence-electron chi connectivity index (χ2n) is 4.82. The maximum atomic E-state index is 11.3. The van der Waals surface area contributed by atoms with Crippen molar-refractivity contribution in [1.82, 2.24) is 4.90 Å². The van der Waals surface area contributed by atoms with Crippen LogP contribution < -0.4 is 4.74 Å². The first-order valence-corrected chi connectivity index (χ1v) is 5.94. The number of nitrogens with zero attached hydrogens (tertiary/aromatic N) is 1. The molecule has 1 aromatic rings. The van der Waals surface area contributed by atoms with Gasteiger partial charge < -0.3 is 9.84 Å². The fourth-order valence-corrected chi connectivity index (χ4v) is 1.70. The van der Waals surface area contributed by atoms with E-state index < -0.39 is 11.5 Å². The average Bonchev–Trinajstić information content (AvgIpc) is 2.36. The number of hydrogen-bond donors (Lipinski definition) is 1. The maximum Gasteiger partial charge on any atom is 0.323 e. The quantitative estimate of drug-likeness (QED) is 0.840. The van der Waals surface area contributed by atoms with Crippen LogP contribution in [0.5, 0.6) is 5.75 Å². The van der Waals surface area contributed by atoms with Crippen molar-refractivity contribution in [1.29, 1.82) is 0 Å². The molecular formula is C14H21NO3. The summed E-state index contributed by atoms with van der Waals surface area (Å²) in [6, 6.07) is 7.72. The molecular weight excluding hydrogens is 230 g/mol. The smallest absolute Gasteiger partial charge is 0.323 e. The first-order chi connectivity index (χ1) is 8.40. The third-order valence-corrected chi connectivity index (χ3v) is 3.51. The molecule has 0 aliphatic carbocycles. The standard InChI is InChI=1S/C14H21NO3/c1-14(13(16)17,15(2)3)10-9-11-5-7-12(18-4)8-6-11/h5-8H,9-10H2,1-4H3,(H,16,17). The van der Waals surface area contributed by atoms with E-state index in [1.54, 1.807) is 33.0 Å². The van der Waals surface area contributed by atoms with Crippen LogP contribution in [-0.2, 0) is 11.2 Å². The molecule has 0 saturated heterocycles. The van der Waals surface area contributed by atoms with Gasteiger partial charge in [0.25, 0.3) is 0 Å². The third-order valence-electron chi connectivity index (χ3n) is 3.51. The van der Waals surface area contributed by atoms with E-state index in [-0.39, 0.29) is 0 Å². The molecule has 1 unspecified atom stereocenters. The van der Waals surface area contributed by atoms with Crippen LogP contribution >= 0.6 is 0 Å². The summed E-state index contributed by atoms with van der Waals surface area (Å²) < 4.78 is 5.09. The number of ether oxygens (including phenoxy) is 1. The Balaban J connectivity index is 2.70. The lowest BCUT2D eigenvalue weighted by molar-refractivity contribution is -0.149. The number of aryl methyl sites for hydroxylation is 1. The lowest BCUT2D eigenvalue weighted by atomic mass is 9.92. The summed E-state index contributed by atoms with van der Waals surface area (Å²) in [5.41, 5.74) is 0.282. The van der Waals surface area contributed by atoms with Crippen LogP contribution in [0, 0.1) is 0 Å². The number of likely N-dealkylation sites (N-methyl/N-ethyl adjacent to an activating group) is 1. The Labute approximate surface area is 108 Å². The summed E-state index contributed by atoms with van der Waals surface area (Å²) in [7, 11) is 5.22. The average molecular weight is 251 g/mol. The van der Waals surface area contributed by atoms with Crippen LogP contribution in [-0.4, -0.2) is 42.7 Å². The zero-order valence-corrected chi connectivity index (χ0v) is 11.4. The lowest BCUT2D eigenvalue weighted by Gasteiger charge is -2.32. The van der Waals surface area contributed by atoms with Crippen LogP contribution in [0.3, 0.4) is 0 Å². The number of carboxylic acid groups (broad SMARTS) is 1. The van der Waals surface area contributed by atoms with Crippen molar-refractivity contribution in [3.05, 3.63) is 29.8 Å². The third kappa shape index (κ3) is 3.23. The minimum Gasteiger partial charge on any atom is -0.497 e. The lowest BCUT2D eigenvalue weighted by Crippen LogP contribution is -2.48. The number of rotatable bonds is 6. The largest absolute Gasteiger partial charge is 0.497 e. The van der Waals surface area contributed by atoms with Gasteiger partial charge in [0, 0.05) is 0 Å². The van der Waals surface area contributed by atoms with Gasteiger partial charge >= 0.3 is 5.97 Å². The van der Waals surface area contributed by atoms with E-state index in [4.69, 9.17) is 4.74 Å². The molecule has 0 bridgehead atoms. The molecule has 1 aromatic carbocycles. The van der Waals surface area contributed by atoms with E-state index in [1.165, 1.54) is 0 Å². The van der Waals surface area contributed by atoms with Gasteiger partial charge in [-0.3, -0.25) is 9.69 Å². The van der Waals surface area contributed by atoms with Gasteiger partial charge in [0.05, 0.1) is 7.11 Å². The molecule has 1 N–H and O–H groups in total. The SMILES string of the molecule is COc1ccc(CCC(C)(C(=O)O)N(C)C)cc1. The summed E-state index contributed by atoms with van der Waals surface area (Å²) in [6.45, 7) is 1.75. The van der Waals surface area contributed by atoms with Gasteiger partial charge in [-0.05, 0) is 51.6 Å². The summed E-state index contributed by atoms with van der Waals surface area (Å²) in [6.07, 6.45) is 1.30. The van der Waals surface area contributed by atoms with Gasteiger partial charge in [-0.25, -0.2) is 0 Å². The van der Waals surface area contributed by atoms with Crippen molar-refractivity contribution >= 4 is 5.97 Å². The molecule has 4 nitrogen and oxygen atoms in total. The first-order valence-electron chi connectivity index (χ1n) is 5.94. The van der Waals surface area contributed by atoms with E-state index in [2.05, 4.69) is 0 Å². The molecule has 1 rings (SSSR count). The van der Waals surface area contributed by atoms with Crippen molar-refractivity contribution in [3.63, 3.8) is 0 Å². The second-order valence-corrected chi connectivity index (χ2v) is 4.82. The molecule has 0 heterocycles. The molecule has 0 spiro atoms. The van der Waals surface area contributed by atoms with Gasteiger partial charge in [-0.1, -0.05) is 12.1 Å². The highest BCUT2D eigenvalue weighted by atomic mass is 16.5. The zero-order valence-electron chi connectivity index (χ0n) is 11.4. The van der Waals surface area contributed by atoms with Crippen LogP contribution in [0.25, 0.3) is 0 Å². The number of hydrogen-bond acceptors (Lipinski definition) is 3. The predicted octanol–water partition coefficient (Wildman–Crippen LogP) is 2.03. The first kappa shape index (κ1) is 14.5. The van der Waals surface area contributed by atoms with Gasteiger partial charge in [0.1, 0.15) is 11.3 Å². The number of carbonyl (C=O) groups is 1. The Bertz CT molecular complexity index is 400. The molecule has 18 heavy (non-hydrogen) atoms. The van der Waals surface area contributed by atoms with E-state index in [0.29, 0.717) is 6.42 Å². The molecule has 0 fully saturated rings. The van der Waals surface area contributed by atoms with Crippen LogP contribution in [0.1, 0.15) is 18.9 Å². The van der Waals surface area contributed by atoms with Crippen molar-refractivity contribution in [2.24, 2.45) is 0 Å². The summed E-state index contributed by atoms with van der Waals surface area (Å²) in [5.74, 6) is 0.0216. The molecule has 0 aromatic heterocycles. The number of carboxylic acids is 1. The molecule has 0 amide bonds. The Morgan fingerprint density at radius 2 is 1.89 bits per heavy atom. The van der Waals surface area contributed by atoms with Crippen LogP contribution in [0.4, 0.5) is 0 Å².